The molecule has 0 radical (unpaired) electrons. The van der Waals surface area contributed by atoms with Crippen molar-refractivity contribution in [2.45, 2.75) is 19.4 Å². The number of ether oxygens (including phenoxy) is 2. The van der Waals surface area contributed by atoms with Crippen LogP contribution < -0.4 is 9.64 Å². The van der Waals surface area contributed by atoms with Gasteiger partial charge in [-0.25, -0.2) is 4.98 Å². The second kappa shape index (κ2) is 5.12. The molecule has 1 aromatic rings. The number of nitrogens with zero attached hydrogens (tertiary/aromatic N) is 3. The monoisotopic (exact) mass is 223 g/mol. The minimum atomic E-state index is 0.362. The maximum Gasteiger partial charge on any atom is 0.229 e. The van der Waals surface area contributed by atoms with Crippen LogP contribution in [0.3, 0.4) is 0 Å². The second-order valence-electron chi connectivity index (χ2n) is 3.73. The molecule has 88 valence electrons. The van der Waals surface area contributed by atoms with E-state index in [-0.39, 0.29) is 0 Å². The summed E-state index contributed by atoms with van der Waals surface area (Å²) < 4.78 is 10.6. The average Bonchev–Trinajstić information content (AvgIpc) is 2.38. The summed E-state index contributed by atoms with van der Waals surface area (Å²) in [5.41, 5.74) is 0. The van der Waals surface area contributed by atoms with Gasteiger partial charge in [-0.15, -0.1) is 0 Å². The lowest BCUT2D eigenvalue weighted by Gasteiger charge is -2.34. The van der Waals surface area contributed by atoms with Gasteiger partial charge in [-0.05, 0) is 6.42 Å². The van der Waals surface area contributed by atoms with E-state index in [2.05, 4.69) is 21.8 Å². The fraction of sp³-hybridized carbons (Fsp3) is 0.636. The molecule has 5 nitrogen and oxygen atoms in total. The van der Waals surface area contributed by atoms with Crippen LogP contribution >= 0.6 is 0 Å². The lowest BCUT2D eigenvalue weighted by Crippen LogP contribution is -2.46. The number of rotatable bonds is 3. The minimum Gasteiger partial charge on any atom is -0.481 e. The van der Waals surface area contributed by atoms with Crippen molar-refractivity contribution in [2.24, 2.45) is 0 Å². The van der Waals surface area contributed by atoms with Crippen molar-refractivity contribution in [3.63, 3.8) is 0 Å². The van der Waals surface area contributed by atoms with Crippen LogP contribution in [0.1, 0.15) is 13.3 Å². The third-order valence-corrected chi connectivity index (χ3v) is 2.78. The topological polar surface area (TPSA) is 47.5 Å². The van der Waals surface area contributed by atoms with Gasteiger partial charge in [0.25, 0.3) is 0 Å². The molecule has 1 saturated heterocycles. The molecular formula is C11H17N3O2. The van der Waals surface area contributed by atoms with Crippen molar-refractivity contribution in [2.75, 3.05) is 31.8 Å². The zero-order chi connectivity index (χ0) is 11.4. The predicted octanol–water partition coefficient (Wildman–Crippen LogP) is 1.10. The maximum absolute atomic E-state index is 5.45. The van der Waals surface area contributed by atoms with E-state index in [1.165, 1.54) is 0 Å². The van der Waals surface area contributed by atoms with Gasteiger partial charge in [-0.1, -0.05) is 6.92 Å². The number of hydrogen-bond donors (Lipinski definition) is 0. The van der Waals surface area contributed by atoms with Gasteiger partial charge >= 0.3 is 0 Å². The highest BCUT2D eigenvalue weighted by molar-refractivity contribution is 5.34. The quantitative estimate of drug-likeness (QED) is 0.768. The molecule has 0 aromatic carbocycles. The Kier molecular flexibility index (Phi) is 3.56. The SMILES string of the molecule is CCC1COCCN1c1nccc(OC)n1. The molecule has 2 rings (SSSR count). The molecule has 0 amide bonds. The molecule has 1 aromatic heterocycles. The van der Waals surface area contributed by atoms with Crippen LogP contribution in [-0.4, -0.2) is 42.9 Å². The van der Waals surface area contributed by atoms with E-state index in [0.29, 0.717) is 11.9 Å². The predicted molar refractivity (Wildman–Crippen MR) is 60.8 cm³/mol. The normalized spacial score (nSPS) is 20.9. The molecule has 16 heavy (non-hydrogen) atoms. The van der Waals surface area contributed by atoms with Crippen LogP contribution in [0.15, 0.2) is 12.3 Å². The highest BCUT2D eigenvalue weighted by Gasteiger charge is 2.23. The number of anilines is 1. The van der Waals surface area contributed by atoms with Gasteiger partial charge < -0.3 is 14.4 Å². The zero-order valence-corrected chi connectivity index (χ0v) is 9.72. The Hall–Kier alpha value is -1.36. The first-order valence-electron chi connectivity index (χ1n) is 5.56. The van der Waals surface area contributed by atoms with Crippen LogP contribution in [-0.2, 0) is 4.74 Å². The van der Waals surface area contributed by atoms with E-state index >= 15 is 0 Å². The van der Waals surface area contributed by atoms with E-state index in [1.54, 1.807) is 19.4 Å². The fourth-order valence-corrected chi connectivity index (χ4v) is 1.84. The summed E-state index contributed by atoms with van der Waals surface area (Å²) >= 11 is 0. The van der Waals surface area contributed by atoms with Crippen molar-refractivity contribution in [1.82, 2.24) is 9.97 Å². The molecule has 0 aliphatic carbocycles. The molecule has 1 aliphatic rings. The Labute approximate surface area is 95.4 Å². The molecule has 0 spiro atoms. The Morgan fingerprint density at radius 3 is 3.25 bits per heavy atom. The molecule has 0 bridgehead atoms. The van der Waals surface area contributed by atoms with Gasteiger partial charge in [0.15, 0.2) is 0 Å². The summed E-state index contributed by atoms with van der Waals surface area (Å²) in [7, 11) is 1.61. The van der Waals surface area contributed by atoms with E-state index in [9.17, 15) is 0 Å². The van der Waals surface area contributed by atoms with Gasteiger partial charge in [-0.2, -0.15) is 4.98 Å². The summed E-state index contributed by atoms with van der Waals surface area (Å²) in [5.74, 6) is 1.33. The molecule has 1 aliphatic heterocycles. The highest BCUT2D eigenvalue weighted by atomic mass is 16.5. The fourth-order valence-electron chi connectivity index (χ4n) is 1.84. The molecule has 1 fully saturated rings. The van der Waals surface area contributed by atoms with Crippen LogP contribution in [0, 0.1) is 0 Å². The third-order valence-electron chi connectivity index (χ3n) is 2.78. The first-order valence-corrected chi connectivity index (χ1v) is 5.56. The van der Waals surface area contributed by atoms with Gasteiger partial charge in [-0.3, -0.25) is 0 Å². The summed E-state index contributed by atoms with van der Waals surface area (Å²) in [6, 6.07) is 2.12. The van der Waals surface area contributed by atoms with Crippen molar-refractivity contribution in [3.05, 3.63) is 12.3 Å². The van der Waals surface area contributed by atoms with Gasteiger partial charge in [0.2, 0.25) is 11.8 Å². The Bertz CT molecular complexity index is 346. The summed E-state index contributed by atoms with van der Waals surface area (Å²) in [5, 5.41) is 0. The zero-order valence-electron chi connectivity index (χ0n) is 9.72. The number of methoxy groups -OCH3 is 1. The second-order valence-corrected chi connectivity index (χ2v) is 3.73. The van der Waals surface area contributed by atoms with Gasteiger partial charge in [0, 0.05) is 18.8 Å². The molecular weight excluding hydrogens is 206 g/mol. The first kappa shape index (κ1) is 11.1. The summed E-state index contributed by atoms with van der Waals surface area (Å²) in [6.45, 7) is 4.46. The number of hydrogen-bond acceptors (Lipinski definition) is 5. The maximum atomic E-state index is 5.45. The van der Waals surface area contributed by atoms with Gasteiger partial charge in [0.05, 0.1) is 26.4 Å². The van der Waals surface area contributed by atoms with Crippen molar-refractivity contribution < 1.29 is 9.47 Å². The smallest absolute Gasteiger partial charge is 0.229 e. The van der Waals surface area contributed by atoms with Crippen molar-refractivity contribution >= 4 is 5.95 Å². The molecule has 5 heteroatoms. The Morgan fingerprint density at radius 1 is 1.62 bits per heavy atom. The van der Waals surface area contributed by atoms with Crippen LogP contribution in [0.4, 0.5) is 5.95 Å². The lowest BCUT2D eigenvalue weighted by atomic mass is 10.2. The van der Waals surface area contributed by atoms with E-state index < -0.39 is 0 Å². The Morgan fingerprint density at radius 2 is 2.50 bits per heavy atom. The summed E-state index contributed by atoms with van der Waals surface area (Å²) in [6.07, 6.45) is 2.75. The molecule has 1 atom stereocenters. The van der Waals surface area contributed by atoms with E-state index in [0.717, 1.165) is 32.1 Å². The number of morpholine rings is 1. The molecule has 0 N–H and O–H groups in total. The van der Waals surface area contributed by atoms with Crippen LogP contribution in [0.5, 0.6) is 5.88 Å². The van der Waals surface area contributed by atoms with Crippen LogP contribution in [0.2, 0.25) is 0 Å². The number of aromatic nitrogens is 2. The van der Waals surface area contributed by atoms with Crippen LogP contribution in [0.25, 0.3) is 0 Å². The highest BCUT2D eigenvalue weighted by Crippen LogP contribution is 2.18. The first-order chi connectivity index (χ1) is 7.85. The van der Waals surface area contributed by atoms with E-state index in [4.69, 9.17) is 9.47 Å². The van der Waals surface area contributed by atoms with Crippen molar-refractivity contribution in [3.8, 4) is 5.88 Å². The van der Waals surface area contributed by atoms with E-state index in [1.807, 2.05) is 0 Å². The lowest BCUT2D eigenvalue weighted by molar-refractivity contribution is 0.0920. The molecule has 1 unspecified atom stereocenters. The minimum absolute atomic E-state index is 0.362. The molecule has 0 saturated carbocycles. The molecule has 2 heterocycles. The van der Waals surface area contributed by atoms with Crippen molar-refractivity contribution in [1.29, 1.82) is 0 Å². The third kappa shape index (κ3) is 2.24. The standard InChI is InChI=1S/C11H17N3O2/c1-3-9-8-16-7-6-14(9)11-12-5-4-10(13-11)15-2/h4-5,9H,3,6-8H2,1-2H3. The average molecular weight is 223 g/mol. The summed E-state index contributed by atoms with van der Waals surface area (Å²) in [4.78, 5) is 10.8. The largest absolute Gasteiger partial charge is 0.481 e. The van der Waals surface area contributed by atoms with Gasteiger partial charge in [0.1, 0.15) is 0 Å². The Balaban J connectivity index is 2.20.